The monoisotopic (exact) mass is 283 g/mol. The summed E-state index contributed by atoms with van der Waals surface area (Å²) in [7, 11) is 0. The molecule has 0 spiro atoms. The van der Waals surface area contributed by atoms with E-state index in [0.717, 1.165) is 23.0 Å². The summed E-state index contributed by atoms with van der Waals surface area (Å²) in [5, 5.41) is 9.37. The topological polar surface area (TPSA) is 40.5 Å². The Bertz CT molecular complexity index is 394. The highest BCUT2D eigenvalue weighted by atomic mass is 79.9. The fourth-order valence-electron chi connectivity index (χ4n) is 1.91. The molecule has 1 aliphatic rings. The van der Waals surface area contributed by atoms with E-state index < -0.39 is 0 Å². The van der Waals surface area contributed by atoms with Gasteiger partial charge in [0.25, 0.3) is 0 Å². The molecule has 1 heterocycles. The average molecular weight is 284 g/mol. The highest BCUT2D eigenvalue weighted by Gasteiger charge is 2.22. The minimum Gasteiger partial charge on any atom is -0.392 e. The lowest BCUT2D eigenvalue weighted by Crippen LogP contribution is -2.28. The number of likely N-dealkylation sites (tertiary alicyclic amines) is 1. The van der Waals surface area contributed by atoms with Crippen molar-refractivity contribution in [1.29, 1.82) is 0 Å². The van der Waals surface area contributed by atoms with Crippen molar-refractivity contribution in [3.8, 4) is 0 Å². The molecule has 0 saturated carbocycles. The molecule has 86 valence electrons. The number of hydrogen-bond acceptors (Lipinski definition) is 3. The number of aliphatic hydroxyl groups excluding tert-OH is 1. The Morgan fingerprint density at radius 3 is 3.00 bits per heavy atom. The van der Waals surface area contributed by atoms with E-state index in [1.165, 1.54) is 0 Å². The second-order valence-electron chi connectivity index (χ2n) is 4.11. The van der Waals surface area contributed by atoms with Crippen molar-refractivity contribution < 1.29 is 9.90 Å². The van der Waals surface area contributed by atoms with Crippen LogP contribution in [0, 0.1) is 0 Å². The second kappa shape index (κ2) is 5.08. The van der Waals surface area contributed by atoms with E-state index in [4.69, 9.17) is 0 Å². The first-order chi connectivity index (χ1) is 7.65. The van der Waals surface area contributed by atoms with Crippen LogP contribution in [-0.4, -0.2) is 41.5 Å². The lowest BCUT2D eigenvalue weighted by atomic mass is 10.1. The van der Waals surface area contributed by atoms with E-state index in [-0.39, 0.29) is 11.9 Å². The van der Waals surface area contributed by atoms with Crippen molar-refractivity contribution in [2.75, 3.05) is 19.6 Å². The van der Waals surface area contributed by atoms with Gasteiger partial charge in [-0.25, -0.2) is 0 Å². The Balaban J connectivity index is 1.98. The third kappa shape index (κ3) is 2.90. The van der Waals surface area contributed by atoms with Gasteiger partial charge in [0.1, 0.15) is 0 Å². The van der Waals surface area contributed by atoms with Gasteiger partial charge in [-0.1, -0.05) is 28.1 Å². The van der Waals surface area contributed by atoms with Crippen LogP contribution < -0.4 is 0 Å². The largest absolute Gasteiger partial charge is 0.392 e. The number of Topliss-reactive ketones (excluding diaryl/α,β-unsaturated/α-hetero) is 1. The normalized spacial score (nSPS) is 21.2. The molecule has 2 rings (SSSR count). The molecule has 1 saturated heterocycles. The van der Waals surface area contributed by atoms with Gasteiger partial charge in [0.05, 0.1) is 12.6 Å². The number of β-amino-alcohol motifs (C(OH)–C–C–N with tert-alkyl or cyclic N) is 1. The van der Waals surface area contributed by atoms with Crippen molar-refractivity contribution in [2.24, 2.45) is 0 Å². The predicted octanol–water partition coefficient (Wildman–Crippen LogP) is 1.70. The van der Waals surface area contributed by atoms with E-state index in [0.29, 0.717) is 13.1 Å². The molecule has 0 aliphatic carbocycles. The molecule has 1 aliphatic heterocycles. The molecule has 3 nitrogen and oxygen atoms in total. The van der Waals surface area contributed by atoms with Crippen LogP contribution in [0.1, 0.15) is 16.8 Å². The fraction of sp³-hybridized carbons (Fsp3) is 0.417. The van der Waals surface area contributed by atoms with E-state index >= 15 is 0 Å². The summed E-state index contributed by atoms with van der Waals surface area (Å²) in [4.78, 5) is 13.9. The molecule has 4 heteroatoms. The zero-order valence-corrected chi connectivity index (χ0v) is 10.5. The first kappa shape index (κ1) is 11.8. The van der Waals surface area contributed by atoms with Gasteiger partial charge >= 0.3 is 0 Å². The van der Waals surface area contributed by atoms with Crippen LogP contribution in [0.4, 0.5) is 0 Å². The number of aliphatic hydroxyl groups is 1. The number of benzene rings is 1. The molecular weight excluding hydrogens is 270 g/mol. The third-order valence-corrected chi connectivity index (χ3v) is 3.25. The van der Waals surface area contributed by atoms with Gasteiger partial charge in [-0.15, -0.1) is 0 Å². The maximum absolute atomic E-state index is 11.9. The lowest BCUT2D eigenvalue weighted by Gasteiger charge is -2.13. The first-order valence-corrected chi connectivity index (χ1v) is 6.13. The number of nitrogens with zero attached hydrogens (tertiary/aromatic N) is 1. The molecule has 0 radical (unpaired) electrons. The zero-order chi connectivity index (χ0) is 11.5. The van der Waals surface area contributed by atoms with Gasteiger partial charge in [-0.2, -0.15) is 0 Å². The third-order valence-electron chi connectivity index (χ3n) is 2.76. The average Bonchev–Trinajstić information content (AvgIpc) is 2.64. The number of halogens is 1. The van der Waals surface area contributed by atoms with Gasteiger partial charge in [0.15, 0.2) is 5.78 Å². The van der Waals surface area contributed by atoms with Gasteiger partial charge in [-0.05, 0) is 18.6 Å². The zero-order valence-electron chi connectivity index (χ0n) is 8.90. The molecule has 1 fully saturated rings. The molecule has 0 aromatic heterocycles. The Labute approximate surface area is 103 Å². The van der Waals surface area contributed by atoms with Crippen molar-refractivity contribution in [2.45, 2.75) is 12.5 Å². The van der Waals surface area contributed by atoms with Crippen LogP contribution in [0.2, 0.25) is 0 Å². The van der Waals surface area contributed by atoms with Gasteiger partial charge in [-0.3, -0.25) is 9.69 Å². The maximum Gasteiger partial charge on any atom is 0.176 e. The summed E-state index contributed by atoms with van der Waals surface area (Å²) >= 11 is 3.35. The quantitative estimate of drug-likeness (QED) is 0.859. The SMILES string of the molecule is O=C(CN1CCC(O)C1)c1cccc(Br)c1. The fourth-order valence-corrected chi connectivity index (χ4v) is 2.31. The van der Waals surface area contributed by atoms with Gasteiger partial charge < -0.3 is 5.11 Å². The van der Waals surface area contributed by atoms with Crippen LogP contribution in [-0.2, 0) is 0 Å². The predicted molar refractivity (Wildman–Crippen MR) is 65.5 cm³/mol. The van der Waals surface area contributed by atoms with E-state index in [1.807, 2.05) is 29.2 Å². The Morgan fingerprint density at radius 2 is 2.38 bits per heavy atom. The molecule has 0 amide bonds. The summed E-state index contributed by atoms with van der Waals surface area (Å²) < 4.78 is 0.916. The van der Waals surface area contributed by atoms with Crippen LogP contribution in [0.3, 0.4) is 0 Å². The van der Waals surface area contributed by atoms with Crippen LogP contribution in [0.15, 0.2) is 28.7 Å². The molecule has 1 N–H and O–H groups in total. The molecule has 0 bridgehead atoms. The highest BCUT2D eigenvalue weighted by molar-refractivity contribution is 9.10. The summed E-state index contributed by atoms with van der Waals surface area (Å²) in [6.07, 6.45) is 0.501. The van der Waals surface area contributed by atoms with Crippen molar-refractivity contribution >= 4 is 21.7 Å². The number of hydrogen-bond donors (Lipinski definition) is 1. The first-order valence-electron chi connectivity index (χ1n) is 5.34. The maximum atomic E-state index is 11.9. The number of ketones is 1. The van der Waals surface area contributed by atoms with Gasteiger partial charge in [0.2, 0.25) is 0 Å². The number of carbonyl (C=O) groups is 1. The van der Waals surface area contributed by atoms with E-state index in [9.17, 15) is 9.90 Å². The molecule has 1 unspecified atom stereocenters. The van der Waals surface area contributed by atoms with E-state index in [2.05, 4.69) is 15.9 Å². The van der Waals surface area contributed by atoms with Crippen LogP contribution >= 0.6 is 15.9 Å². The molecule has 1 aromatic carbocycles. The number of rotatable bonds is 3. The van der Waals surface area contributed by atoms with Gasteiger partial charge in [0, 0.05) is 23.1 Å². The molecule has 1 aromatic rings. The molecule has 16 heavy (non-hydrogen) atoms. The van der Waals surface area contributed by atoms with Crippen molar-refractivity contribution in [3.05, 3.63) is 34.3 Å². The van der Waals surface area contributed by atoms with Crippen molar-refractivity contribution in [1.82, 2.24) is 4.90 Å². The smallest absolute Gasteiger partial charge is 0.176 e. The van der Waals surface area contributed by atoms with E-state index in [1.54, 1.807) is 0 Å². The summed E-state index contributed by atoms with van der Waals surface area (Å²) in [6.45, 7) is 1.81. The highest BCUT2D eigenvalue weighted by Crippen LogP contribution is 2.14. The van der Waals surface area contributed by atoms with Crippen LogP contribution in [0.25, 0.3) is 0 Å². The molecular formula is C12H14BrNO2. The summed E-state index contributed by atoms with van der Waals surface area (Å²) in [6, 6.07) is 7.40. The standard InChI is InChI=1S/C12H14BrNO2/c13-10-3-1-2-9(6-10)12(16)8-14-5-4-11(15)7-14/h1-3,6,11,15H,4-5,7-8H2. The number of carbonyl (C=O) groups excluding carboxylic acids is 1. The minimum atomic E-state index is -0.268. The second-order valence-corrected chi connectivity index (χ2v) is 5.03. The lowest BCUT2D eigenvalue weighted by molar-refractivity contribution is 0.0934. The Hall–Kier alpha value is -0.710. The van der Waals surface area contributed by atoms with Crippen LogP contribution in [0.5, 0.6) is 0 Å². The summed E-state index contributed by atoms with van der Waals surface area (Å²) in [5.74, 6) is 0.107. The molecule has 1 atom stereocenters. The summed E-state index contributed by atoms with van der Waals surface area (Å²) in [5.41, 5.74) is 0.718. The van der Waals surface area contributed by atoms with Crippen molar-refractivity contribution in [3.63, 3.8) is 0 Å². The Kier molecular flexibility index (Phi) is 3.74. The minimum absolute atomic E-state index is 0.107. The Morgan fingerprint density at radius 1 is 1.56 bits per heavy atom.